The molecule has 0 bridgehead atoms. The number of phenolic OH excluding ortho intramolecular Hbond substituents is 1. The first-order valence-corrected chi connectivity index (χ1v) is 5.74. The van der Waals surface area contributed by atoms with Gasteiger partial charge in [0.1, 0.15) is 11.6 Å². The lowest BCUT2D eigenvalue weighted by atomic mass is 10.3. The van der Waals surface area contributed by atoms with Crippen LogP contribution in [0, 0.1) is 5.82 Å². The molecule has 0 aliphatic carbocycles. The third-order valence-corrected chi connectivity index (χ3v) is 2.59. The predicted octanol–water partition coefficient (Wildman–Crippen LogP) is 3.83. The highest BCUT2D eigenvalue weighted by Crippen LogP contribution is 2.20. The summed E-state index contributed by atoms with van der Waals surface area (Å²) in [7, 11) is 0. The number of amides is 2. The van der Waals surface area contributed by atoms with E-state index in [0.29, 0.717) is 11.4 Å². The summed E-state index contributed by atoms with van der Waals surface area (Å²) < 4.78 is 12.9. The third kappa shape index (κ3) is 3.59. The molecule has 98 valence electrons. The predicted molar refractivity (Wildman–Crippen MR) is 72.2 cm³/mol. The molecule has 19 heavy (non-hydrogen) atoms. The van der Waals surface area contributed by atoms with Crippen LogP contribution in [0.5, 0.6) is 5.75 Å². The van der Waals surface area contributed by atoms with Crippen molar-refractivity contribution in [2.75, 3.05) is 10.6 Å². The summed E-state index contributed by atoms with van der Waals surface area (Å²) in [6, 6.07) is 9.38. The van der Waals surface area contributed by atoms with E-state index in [0.717, 1.165) is 0 Å². The molecule has 0 radical (unpaired) electrons. The Hall–Kier alpha value is -2.27. The number of nitrogens with one attached hydrogen (secondary N) is 2. The molecule has 0 aliphatic heterocycles. The summed E-state index contributed by atoms with van der Waals surface area (Å²) >= 11 is 5.60. The summed E-state index contributed by atoms with van der Waals surface area (Å²) in [6.45, 7) is 0. The Kier molecular flexibility index (Phi) is 3.87. The monoisotopic (exact) mass is 280 g/mol. The molecule has 2 aromatic carbocycles. The molecule has 2 aromatic rings. The summed E-state index contributed by atoms with van der Waals surface area (Å²) in [5.74, 6) is -0.442. The summed E-state index contributed by atoms with van der Waals surface area (Å²) in [6.07, 6.45) is 0. The van der Waals surface area contributed by atoms with Gasteiger partial charge in [-0.2, -0.15) is 0 Å². The fourth-order valence-corrected chi connectivity index (χ4v) is 1.59. The first kappa shape index (κ1) is 13.2. The average molecular weight is 281 g/mol. The SMILES string of the molecule is O=C(Nc1ccc(O)cc1)Nc1ccc(F)c(Cl)c1. The van der Waals surface area contributed by atoms with Crippen molar-refractivity contribution < 1.29 is 14.3 Å². The van der Waals surface area contributed by atoms with Crippen LogP contribution in [0.25, 0.3) is 0 Å². The van der Waals surface area contributed by atoms with E-state index in [2.05, 4.69) is 10.6 Å². The number of urea groups is 1. The number of hydrogen-bond donors (Lipinski definition) is 3. The molecule has 4 nitrogen and oxygen atoms in total. The van der Waals surface area contributed by atoms with Crippen LogP contribution in [0.3, 0.4) is 0 Å². The van der Waals surface area contributed by atoms with Crippen LogP contribution in [-0.4, -0.2) is 11.1 Å². The lowest BCUT2D eigenvalue weighted by Crippen LogP contribution is -2.19. The molecule has 0 heterocycles. The van der Waals surface area contributed by atoms with Crippen LogP contribution in [0.15, 0.2) is 42.5 Å². The fourth-order valence-electron chi connectivity index (χ4n) is 1.41. The standard InChI is InChI=1S/C13H10ClFN2O2/c14-11-7-9(3-6-12(11)15)17-13(19)16-8-1-4-10(18)5-2-8/h1-7,18H,(H2,16,17,19). The highest BCUT2D eigenvalue weighted by atomic mass is 35.5. The maximum Gasteiger partial charge on any atom is 0.323 e. The minimum atomic E-state index is -0.550. The Balaban J connectivity index is 2.01. The highest BCUT2D eigenvalue weighted by Gasteiger charge is 2.05. The van der Waals surface area contributed by atoms with Gasteiger partial charge in [-0.25, -0.2) is 9.18 Å². The number of aromatic hydroxyl groups is 1. The highest BCUT2D eigenvalue weighted by molar-refractivity contribution is 6.31. The van der Waals surface area contributed by atoms with E-state index in [9.17, 15) is 9.18 Å². The maximum atomic E-state index is 12.9. The van der Waals surface area contributed by atoms with Crippen LogP contribution in [-0.2, 0) is 0 Å². The van der Waals surface area contributed by atoms with Gasteiger partial charge in [-0.05, 0) is 42.5 Å². The summed E-state index contributed by atoms with van der Waals surface area (Å²) in [5, 5.41) is 14.1. The average Bonchev–Trinajstić information content (AvgIpc) is 2.37. The number of rotatable bonds is 2. The van der Waals surface area contributed by atoms with Crippen LogP contribution in [0.2, 0.25) is 5.02 Å². The topological polar surface area (TPSA) is 61.4 Å². The Labute approximate surface area is 113 Å². The normalized spacial score (nSPS) is 10.0. The zero-order valence-electron chi connectivity index (χ0n) is 9.65. The first-order valence-electron chi connectivity index (χ1n) is 5.37. The zero-order valence-corrected chi connectivity index (χ0v) is 10.4. The second-order valence-corrected chi connectivity index (χ2v) is 4.16. The Bertz CT molecular complexity index is 602. The maximum absolute atomic E-state index is 12.9. The van der Waals surface area contributed by atoms with E-state index in [-0.39, 0.29) is 10.8 Å². The third-order valence-electron chi connectivity index (χ3n) is 2.30. The smallest absolute Gasteiger partial charge is 0.323 e. The number of anilines is 2. The van der Waals surface area contributed by atoms with Crippen molar-refractivity contribution in [3.8, 4) is 5.75 Å². The second-order valence-electron chi connectivity index (χ2n) is 3.75. The molecular weight excluding hydrogens is 271 g/mol. The van der Waals surface area contributed by atoms with Gasteiger partial charge >= 0.3 is 6.03 Å². The molecule has 0 fully saturated rings. The molecule has 0 aliphatic rings. The van der Waals surface area contributed by atoms with Crippen molar-refractivity contribution in [2.24, 2.45) is 0 Å². The number of hydrogen-bond acceptors (Lipinski definition) is 2. The van der Waals surface area contributed by atoms with Crippen molar-refractivity contribution in [1.29, 1.82) is 0 Å². The zero-order chi connectivity index (χ0) is 13.8. The second kappa shape index (κ2) is 5.58. The van der Waals surface area contributed by atoms with Crippen molar-refractivity contribution in [2.45, 2.75) is 0 Å². The molecule has 3 N–H and O–H groups in total. The van der Waals surface area contributed by atoms with E-state index >= 15 is 0 Å². The quantitative estimate of drug-likeness (QED) is 0.732. The van der Waals surface area contributed by atoms with E-state index in [1.165, 1.54) is 30.3 Å². The Morgan fingerprint density at radius 3 is 2.26 bits per heavy atom. The molecule has 0 atom stereocenters. The van der Waals surface area contributed by atoms with E-state index in [4.69, 9.17) is 16.7 Å². The molecule has 6 heteroatoms. The number of halogens is 2. The largest absolute Gasteiger partial charge is 0.508 e. The van der Waals surface area contributed by atoms with E-state index < -0.39 is 11.8 Å². The van der Waals surface area contributed by atoms with Gasteiger partial charge in [0.2, 0.25) is 0 Å². The van der Waals surface area contributed by atoms with Gasteiger partial charge in [-0.3, -0.25) is 0 Å². The van der Waals surface area contributed by atoms with Crippen molar-refractivity contribution in [3.63, 3.8) is 0 Å². The molecule has 0 saturated carbocycles. The Morgan fingerprint density at radius 1 is 1.05 bits per heavy atom. The Morgan fingerprint density at radius 2 is 1.63 bits per heavy atom. The van der Waals surface area contributed by atoms with Gasteiger partial charge in [0, 0.05) is 11.4 Å². The summed E-state index contributed by atoms with van der Waals surface area (Å²) in [5.41, 5.74) is 0.895. The van der Waals surface area contributed by atoms with Crippen molar-refractivity contribution >= 4 is 29.0 Å². The van der Waals surface area contributed by atoms with Crippen molar-refractivity contribution in [1.82, 2.24) is 0 Å². The molecule has 0 spiro atoms. The molecule has 0 saturated heterocycles. The van der Waals surface area contributed by atoms with Crippen LogP contribution in [0.4, 0.5) is 20.6 Å². The van der Waals surface area contributed by atoms with Gasteiger partial charge in [0.25, 0.3) is 0 Å². The van der Waals surface area contributed by atoms with Gasteiger partial charge in [0.05, 0.1) is 5.02 Å². The summed E-state index contributed by atoms with van der Waals surface area (Å²) in [4.78, 5) is 11.6. The first-order chi connectivity index (χ1) is 9.04. The number of benzene rings is 2. The number of phenols is 1. The molecule has 0 unspecified atom stereocenters. The van der Waals surface area contributed by atoms with Crippen LogP contribution in [0.1, 0.15) is 0 Å². The lowest BCUT2D eigenvalue weighted by Gasteiger charge is -2.08. The minimum Gasteiger partial charge on any atom is -0.508 e. The van der Waals surface area contributed by atoms with E-state index in [1.54, 1.807) is 12.1 Å². The number of carbonyl (C=O) groups excluding carboxylic acids is 1. The minimum absolute atomic E-state index is 0.0672. The van der Waals surface area contributed by atoms with Crippen molar-refractivity contribution in [3.05, 3.63) is 53.3 Å². The van der Waals surface area contributed by atoms with Gasteiger partial charge in [-0.1, -0.05) is 11.6 Å². The van der Waals surface area contributed by atoms with Gasteiger partial charge in [0.15, 0.2) is 0 Å². The van der Waals surface area contributed by atoms with Gasteiger partial charge in [-0.15, -0.1) is 0 Å². The molecule has 0 aromatic heterocycles. The van der Waals surface area contributed by atoms with Gasteiger partial charge < -0.3 is 15.7 Å². The van der Waals surface area contributed by atoms with Crippen LogP contribution >= 0.6 is 11.6 Å². The number of carbonyl (C=O) groups is 1. The lowest BCUT2D eigenvalue weighted by molar-refractivity contribution is 0.262. The molecule has 2 rings (SSSR count). The van der Waals surface area contributed by atoms with Crippen LogP contribution < -0.4 is 10.6 Å². The molecule has 2 amide bonds. The fraction of sp³-hybridized carbons (Fsp3) is 0. The molecular formula is C13H10ClFN2O2. The van der Waals surface area contributed by atoms with E-state index in [1.807, 2.05) is 0 Å².